The zero-order valence-electron chi connectivity index (χ0n) is 17.1. The lowest BCUT2D eigenvalue weighted by atomic mass is 10.1. The second-order valence-electron chi connectivity index (χ2n) is 7.06. The maximum atomic E-state index is 13.2. The largest absolute Gasteiger partial charge is 0.394 e. The number of rotatable bonds is 8. The van der Waals surface area contributed by atoms with Crippen LogP contribution in [-0.4, -0.2) is 29.6 Å². The normalized spacial score (nSPS) is 12.5. The summed E-state index contributed by atoms with van der Waals surface area (Å²) in [5, 5.41) is 15.2. The van der Waals surface area contributed by atoms with Crippen molar-refractivity contribution in [2.45, 2.75) is 12.5 Å². The number of carbonyl (C=O) groups is 2. The van der Waals surface area contributed by atoms with Crippen LogP contribution < -0.4 is 10.6 Å². The maximum absolute atomic E-state index is 13.2. The van der Waals surface area contributed by atoms with E-state index in [0.717, 1.165) is 5.56 Å². The van der Waals surface area contributed by atoms with Gasteiger partial charge in [-0.05, 0) is 57.7 Å². The van der Waals surface area contributed by atoms with Gasteiger partial charge < -0.3 is 15.7 Å². The summed E-state index contributed by atoms with van der Waals surface area (Å²) < 4.78 is 13.6. The minimum absolute atomic E-state index is 0.0166. The van der Waals surface area contributed by atoms with E-state index in [9.17, 15) is 19.1 Å². The SMILES string of the molecule is O=C(N[C@H](CO)Cc1ccccc1)/C(NC(=O)c1ccc(F)cc1)=C(/Br)c1ccccc1. The monoisotopic (exact) mass is 496 g/mol. The molecule has 3 aromatic carbocycles. The second-order valence-corrected chi connectivity index (χ2v) is 7.85. The molecule has 1 atom stereocenters. The first-order chi connectivity index (χ1) is 15.5. The Balaban J connectivity index is 1.86. The molecular weight excluding hydrogens is 475 g/mol. The average molecular weight is 497 g/mol. The lowest BCUT2D eigenvalue weighted by molar-refractivity contribution is -0.118. The van der Waals surface area contributed by atoms with Crippen LogP contribution in [0.25, 0.3) is 4.48 Å². The predicted molar refractivity (Wildman–Crippen MR) is 125 cm³/mol. The molecule has 164 valence electrons. The summed E-state index contributed by atoms with van der Waals surface area (Å²) in [5.41, 5.74) is 1.82. The Morgan fingerprint density at radius 2 is 1.47 bits per heavy atom. The zero-order valence-corrected chi connectivity index (χ0v) is 18.7. The first kappa shape index (κ1) is 23.4. The van der Waals surface area contributed by atoms with E-state index in [-0.39, 0.29) is 17.9 Å². The van der Waals surface area contributed by atoms with Crippen molar-refractivity contribution in [2.75, 3.05) is 6.61 Å². The van der Waals surface area contributed by atoms with Gasteiger partial charge in [0.1, 0.15) is 11.5 Å². The minimum atomic E-state index is -0.564. The Kier molecular flexibility index (Phi) is 8.30. The van der Waals surface area contributed by atoms with Crippen molar-refractivity contribution in [3.8, 4) is 0 Å². The fourth-order valence-corrected chi connectivity index (χ4v) is 3.59. The van der Waals surface area contributed by atoms with Gasteiger partial charge in [-0.3, -0.25) is 9.59 Å². The lowest BCUT2D eigenvalue weighted by Crippen LogP contribution is -2.43. The highest BCUT2D eigenvalue weighted by atomic mass is 79.9. The van der Waals surface area contributed by atoms with Gasteiger partial charge in [0.25, 0.3) is 11.8 Å². The van der Waals surface area contributed by atoms with E-state index in [0.29, 0.717) is 16.5 Å². The highest BCUT2D eigenvalue weighted by Crippen LogP contribution is 2.24. The molecular formula is C25H22BrFN2O3. The number of hydrogen-bond acceptors (Lipinski definition) is 3. The third-order valence-corrected chi connectivity index (χ3v) is 5.55. The van der Waals surface area contributed by atoms with Crippen LogP contribution in [0.1, 0.15) is 21.5 Å². The minimum Gasteiger partial charge on any atom is -0.394 e. The van der Waals surface area contributed by atoms with E-state index in [1.165, 1.54) is 24.3 Å². The van der Waals surface area contributed by atoms with Crippen molar-refractivity contribution in [1.29, 1.82) is 0 Å². The third kappa shape index (κ3) is 6.35. The fourth-order valence-electron chi connectivity index (χ4n) is 3.04. The van der Waals surface area contributed by atoms with Crippen LogP contribution in [0, 0.1) is 5.82 Å². The summed E-state index contributed by atoms with van der Waals surface area (Å²) in [6.45, 7) is -0.275. The number of carbonyl (C=O) groups excluding carboxylic acids is 2. The summed E-state index contributed by atoms with van der Waals surface area (Å²) >= 11 is 3.43. The molecule has 5 nitrogen and oxygen atoms in total. The predicted octanol–water partition coefficient (Wildman–Crippen LogP) is 4.04. The van der Waals surface area contributed by atoms with Crippen molar-refractivity contribution in [2.24, 2.45) is 0 Å². The molecule has 0 aromatic heterocycles. The Hall–Kier alpha value is -3.29. The van der Waals surface area contributed by atoms with Crippen molar-refractivity contribution < 1.29 is 19.1 Å². The van der Waals surface area contributed by atoms with Crippen LogP contribution in [-0.2, 0) is 11.2 Å². The van der Waals surface area contributed by atoms with E-state index in [4.69, 9.17) is 0 Å². The molecule has 0 bridgehead atoms. The quantitative estimate of drug-likeness (QED) is 0.411. The molecule has 7 heteroatoms. The molecule has 0 spiro atoms. The van der Waals surface area contributed by atoms with Gasteiger partial charge in [0, 0.05) is 5.56 Å². The molecule has 0 unspecified atom stereocenters. The van der Waals surface area contributed by atoms with Gasteiger partial charge in [0.15, 0.2) is 0 Å². The van der Waals surface area contributed by atoms with Gasteiger partial charge in [0.2, 0.25) is 0 Å². The fraction of sp³-hybridized carbons (Fsp3) is 0.120. The standard InChI is InChI=1S/C25H22BrFN2O3/c26-22(18-9-5-2-6-10-18)23(29-24(31)19-11-13-20(27)14-12-19)25(32)28-21(16-30)15-17-7-3-1-4-8-17/h1-14,21,30H,15-16H2,(H,28,32)(H,29,31)/b23-22-/t21-/m0/s1. The highest BCUT2D eigenvalue weighted by Gasteiger charge is 2.22. The number of hydrogen-bond donors (Lipinski definition) is 3. The van der Waals surface area contributed by atoms with Crippen molar-refractivity contribution in [1.82, 2.24) is 10.6 Å². The molecule has 3 N–H and O–H groups in total. The molecule has 0 aliphatic heterocycles. The molecule has 0 heterocycles. The maximum Gasteiger partial charge on any atom is 0.269 e. The molecule has 3 aromatic rings. The zero-order chi connectivity index (χ0) is 22.9. The number of nitrogens with one attached hydrogen (secondary N) is 2. The number of benzene rings is 3. The summed E-state index contributed by atoms with van der Waals surface area (Å²) in [6, 6.07) is 22.9. The average Bonchev–Trinajstić information content (AvgIpc) is 2.83. The van der Waals surface area contributed by atoms with Crippen LogP contribution in [0.4, 0.5) is 4.39 Å². The molecule has 0 aliphatic carbocycles. The Labute approximate surface area is 194 Å². The second kappa shape index (κ2) is 11.4. The molecule has 0 aliphatic rings. The molecule has 0 radical (unpaired) electrons. The lowest BCUT2D eigenvalue weighted by Gasteiger charge is -2.19. The first-order valence-electron chi connectivity index (χ1n) is 9.95. The molecule has 2 amide bonds. The number of aliphatic hydroxyl groups excluding tert-OH is 1. The van der Waals surface area contributed by atoms with E-state index < -0.39 is 23.7 Å². The molecule has 0 saturated carbocycles. The summed E-state index contributed by atoms with van der Waals surface area (Å²) in [6.07, 6.45) is 0.422. The Bertz CT molecular complexity index is 1090. The Morgan fingerprint density at radius 3 is 2.06 bits per heavy atom. The molecule has 3 rings (SSSR count). The van der Waals surface area contributed by atoms with Crippen LogP contribution in [0.3, 0.4) is 0 Å². The first-order valence-corrected chi connectivity index (χ1v) is 10.7. The summed E-state index contributed by atoms with van der Waals surface area (Å²) in [5.74, 6) is -1.59. The van der Waals surface area contributed by atoms with E-state index >= 15 is 0 Å². The van der Waals surface area contributed by atoms with E-state index in [1.807, 2.05) is 36.4 Å². The topological polar surface area (TPSA) is 78.4 Å². The third-order valence-electron chi connectivity index (χ3n) is 4.70. The Morgan fingerprint density at radius 1 is 0.875 bits per heavy atom. The van der Waals surface area contributed by atoms with Crippen LogP contribution >= 0.6 is 15.9 Å². The van der Waals surface area contributed by atoms with Crippen LogP contribution in [0.2, 0.25) is 0 Å². The highest BCUT2D eigenvalue weighted by molar-refractivity contribution is 9.15. The number of halogens is 2. The van der Waals surface area contributed by atoms with Crippen LogP contribution in [0.5, 0.6) is 0 Å². The molecule has 32 heavy (non-hydrogen) atoms. The van der Waals surface area contributed by atoms with Crippen molar-refractivity contribution in [3.63, 3.8) is 0 Å². The summed E-state index contributed by atoms with van der Waals surface area (Å²) in [4.78, 5) is 25.9. The number of aliphatic hydroxyl groups is 1. The van der Waals surface area contributed by atoms with Gasteiger partial charge in [-0.25, -0.2) is 4.39 Å². The van der Waals surface area contributed by atoms with Gasteiger partial charge in [-0.2, -0.15) is 0 Å². The van der Waals surface area contributed by atoms with Gasteiger partial charge >= 0.3 is 0 Å². The van der Waals surface area contributed by atoms with Crippen LogP contribution in [0.15, 0.2) is 90.6 Å². The number of amides is 2. The van der Waals surface area contributed by atoms with E-state index in [1.54, 1.807) is 24.3 Å². The molecule has 0 fully saturated rings. The van der Waals surface area contributed by atoms with Gasteiger partial charge in [0.05, 0.1) is 17.1 Å². The molecule has 0 saturated heterocycles. The summed E-state index contributed by atoms with van der Waals surface area (Å²) in [7, 11) is 0. The van der Waals surface area contributed by atoms with Crippen molar-refractivity contribution in [3.05, 3.63) is 113 Å². The smallest absolute Gasteiger partial charge is 0.269 e. The van der Waals surface area contributed by atoms with Gasteiger partial charge in [-0.1, -0.05) is 60.7 Å². The van der Waals surface area contributed by atoms with Gasteiger partial charge in [-0.15, -0.1) is 0 Å². The van der Waals surface area contributed by atoms with E-state index in [2.05, 4.69) is 26.6 Å². The van der Waals surface area contributed by atoms with Crippen molar-refractivity contribution >= 4 is 32.2 Å².